The Morgan fingerprint density at radius 2 is 2.39 bits per heavy atom. The number of thiophene rings is 1. The summed E-state index contributed by atoms with van der Waals surface area (Å²) in [5.41, 5.74) is 2.24. The molecule has 2 heterocycles. The molecule has 0 aliphatic heterocycles. The third-order valence-electron chi connectivity index (χ3n) is 2.75. The van der Waals surface area contributed by atoms with Gasteiger partial charge in [0.15, 0.2) is 0 Å². The van der Waals surface area contributed by atoms with Crippen LogP contribution < -0.4 is 5.32 Å². The van der Waals surface area contributed by atoms with Crippen LogP contribution in [0, 0.1) is 0 Å². The van der Waals surface area contributed by atoms with E-state index < -0.39 is 0 Å². The number of nitrogens with one attached hydrogen (secondary N) is 1. The molecule has 0 amide bonds. The number of nitrogens with zero attached hydrogens (tertiary/aromatic N) is 2. The lowest BCUT2D eigenvalue weighted by Crippen LogP contribution is -2.21. The largest absolute Gasteiger partial charge is 0.308 e. The topological polar surface area (TPSA) is 29.9 Å². The Morgan fingerprint density at radius 3 is 2.94 bits per heavy atom. The Morgan fingerprint density at radius 1 is 1.61 bits per heavy atom. The number of rotatable bonds is 5. The molecule has 3 nitrogen and oxygen atoms in total. The molecule has 0 bridgehead atoms. The van der Waals surface area contributed by atoms with Gasteiger partial charge in [0.05, 0.1) is 26.7 Å². The number of hydrogen-bond donors (Lipinski definition) is 1. The van der Waals surface area contributed by atoms with Gasteiger partial charge >= 0.3 is 0 Å². The van der Waals surface area contributed by atoms with Crippen molar-refractivity contribution in [3.63, 3.8) is 0 Å². The van der Waals surface area contributed by atoms with Crippen molar-refractivity contribution in [3.05, 3.63) is 37.7 Å². The van der Waals surface area contributed by atoms with Crippen LogP contribution in [0.5, 0.6) is 0 Å². The Kier molecular flexibility index (Phi) is 4.84. The van der Waals surface area contributed by atoms with Crippen LogP contribution in [0.3, 0.4) is 0 Å². The first-order valence-electron chi connectivity index (χ1n) is 5.79. The highest BCUT2D eigenvalue weighted by atomic mass is 79.9. The van der Waals surface area contributed by atoms with Crippen LogP contribution in [-0.2, 0) is 6.54 Å². The average molecular weight is 349 g/mol. The standard InChI is InChI=1S/C12H15BrClN3S/c1-3-4-17-12(9(14)6-16-17)11(15-2)8-5-10(13)18-7-8/h5-7,11,15H,3-4H2,1-2H3. The fourth-order valence-electron chi connectivity index (χ4n) is 1.98. The summed E-state index contributed by atoms with van der Waals surface area (Å²) in [5.74, 6) is 0. The van der Waals surface area contributed by atoms with E-state index >= 15 is 0 Å². The molecule has 18 heavy (non-hydrogen) atoms. The minimum atomic E-state index is 0.0779. The van der Waals surface area contributed by atoms with Crippen molar-refractivity contribution in [2.24, 2.45) is 0 Å². The highest BCUT2D eigenvalue weighted by Gasteiger charge is 2.21. The van der Waals surface area contributed by atoms with E-state index in [2.05, 4.69) is 44.7 Å². The summed E-state index contributed by atoms with van der Waals surface area (Å²) in [6.07, 6.45) is 2.76. The Balaban J connectivity index is 2.41. The molecule has 2 aromatic heterocycles. The lowest BCUT2D eigenvalue weighted by molar-refractivity contribution is 0.535. The lowest BCUT2D eigenvalue weighted by atomic mass is 10.1. The summed E-state index contributed by atoms with van der Waals surface area (Å²) >= 11 is 11.4. The SMILES string of the molecule is CCCn1ncc(Cl)c1C(NC)c1csc(Br)c1. The summed E-state index contributed by atoms with van der Waals surface area (Å²) in [6, 6.07) is 2.19. The van der Waals surface area contributed by atoms with Crippen molar-refractivity contribution >= 4 is 38.9 Å². The van der Waals surface area contributed by atoms with Crippen molar-refractivity contribution in [3.8, 4) is 0 Å². The molecule has 0 spiro atoms. The third-order valence-corrected chi connectivity index (χ3v) is 4.57. The molecule has 0 fully saturated rings. The first kappa shape index (κ1) is 14.1. The zero-order valence-corrected chi connectivity index (χ0v) is 13.4. The minimum absolute atomic E-state index is 0.0779. The van der Waals surface area contributed by atoms with Crippen LogP contribution in [-0.4, -0.2) is 16.8 Å². The van der Waals surface area contributed by atoms with Crippen molar-refractivity contribution in [2.45, 2.75) is 25.9 Å². The summed E-state index contributed by atoms with van der Waals surface area (Å²) in [7, 11) is 1.94. The van der Waals surface area contributed by atoms with E-state index in [4.69, 9.17) is 11.6 Å². The second-order valence-corrected chi connectivity index (χ2v) is 6.70. The van der Waals surface area contributed by atoms with E-state index in [0.717, 1.165) is 22.4 Å². The highest BCUT2D eigenvalue weighted by Crippen LogP contribution is 2.32. The average Bonchev–Trinajstić information content (AvgIpc) is 2.91. The molecule has 1 unspecified atom stereocenters. The second-order valence-electron chi connectivity index (χ2n) is 4.01. The highest BCUT2D eigenvalue weighted by molar-refractivity contribution is 9.11. The van der Waals surface area contributed by atoms with Gasteiger partial charge in [-0.2, -0.15) is 5.10 Å². The van der Waals surface area contributed by atoms with E-state index in [9.17, 15) is 0 Å². The van der Waals surface area contributed by atoms with Crippen molar-refractivity contribution in [1.82, 2.24) is 15.1 Å². The molecule has 2 aromatic rings. The van der Waals surface area contributed by atoms with Gasteiger partial charge in [0.1, 0.15) is 0 Å². The summed E-state index contributed by atoms with van der Waals surface area (Å²) in [4.78, 5) is 0. The van der Waals surface area contributed by atoms with Crippen molar-refractivity contribution < 1.29 is 0 Å². The Labute approximate surface area is 124 Å². The number of halogens is 2. The van der Waals surface area contributed by atoms with Crippen molar-refractivity contribution in [2.75, 3.05) is 7.05 Å². The zero-order chi connectivity index (χ0) is 13.1. The van der Waals surface area contributed by atoms with Gasteiger partial charge in [-0.15, -0.1) is 11.3 Å². The monoisotopic (exact) mass is 347 g/mol. The van der Waals surface area contributed by atoms with Gasteiger partial charge in [0, 0.05) is 6.54 Å². The van der Waals surface area contributed by atoms with E-state index in [1.165, 1.54) is 5.56 Å². The van der Waals surface area contributed by atoms with Crippen molar-refractivity contribution in [1.29, 1.82) is 0 Å². The number of hydrogen-bond acceptors (Lipinski definition) is 3. The summed E-state index contributed by atoms with van der Waals surface area (Å²) < 4.78 is 3.10. The molecule has 98 valence electrons. The van der Waals surface area contributed by atoms with Gasteiger partial charge in [-0.1, -0.05) is 18.5 Å². The van der Waals surface area contributed by atoms with Gasteiger partial charge in [0.25, 0.3) is 0 Å². The molecule has 1 N–H and O–H groups in total. The number of aromatic nitrogens is 2. The molecule has 0 aliphatic carbocycles. The minimum Gasteiger partial charge on any atom is -0.308 e. The van der Waals surface area contributed by atoms with E-state index in [-0.39, 0.29) is 6.04 Å². The molecule has 2 rings (SSSR count). The van der Waals surface area contributed by atoms with Crippen LogP contribution in [0.1, 0.15) is 30.6 Å². The molecule has 0 saturated heterocycles. The number of aryl methyl sites for hydroxylation is 1. The van der Waals surface area contributed by atoms with Crippen LogP contribution in [0.25, 0.3) is 0 Å². The lowest BCUT2D eigenvalue weighted by Gasteiger charge is -2.17. The molecular formula is C12H15BrClN3S. The molecular weight excluding hydrogens is 334 g/mol. The van der Waals surface area contributed by atoms with Gasteiger partial charge in [0.2, 0.25) is 0 Å². The first-order chi connectivity index (χ1) is 8.67. The van der Waals surface area contributed by atoms with E-state index in [1.54, 1.807) is 17.5 Å². The van der Waals surface area contributed by atoms with E-state index in [0.29, 0.717) is 5.02 Å². The third kappa shape index (κ3) is 2.79. The maximum absolute atomic E-state index is 6.28. The molecule has 0 radical (unpaired) electrons. The summed E-state index contributed by atoms with van der Waals surface area (Å²) in [5, 5.41) is 10.5. The molecule has 0 saturated carbocycles. The van der Waals surface area contributed by atoms with Gasteiger partial charge in [-0.3, -0.25) is 4.68 Å². The molecule has 0 aliphatic rings. The van der Waals surface area contributed by atoms with Gasteiger partial charge in [-0.25, -0.2) is 0 Å². The van der Waals surface area contributed by atoms with Crippen LogP contribution in [0.4, 0.5) is 0 Å². The van der Waals surface area contributed by atoms with Gasteiger partial charge in [-0.05, 0) is 46.4 Å². The summed E-state index contributed by atoms with van der Waals surface area (Å²) in [6.45, 7) is 3.01. The van der Waals surface area contributed by atoms with Crippen LogP contribution in [0.15, 0.2) is 21.4 Å². The Bertz CT molecular complexity index is 523. The van der Waals surface area contributed by atoms with E-state index in [1.807, 2.05) is 11.7 Å². The quantitative estimate of drug-likeness (QED) is 0.882. The maximum atomic E-state index is 6.28. The smallest absolute Gasteiger partial charge is 0.0837 e. The maximum Gasteiger partial charge on any atom is 0.0837 e. The fourth-order valence-corrected chi connectivity index (χ4v) is 3.44. The predicted molar refractivity (Wildman–Crippen MR) is 80.4 cm³/mol. The zero-order valence-electron chi connectivity index (χ0n) is 10.3. The normalized spacial score (nSPS) is 12.9. The molecule has 6 heteroatoms. The van der Waals surface area contributed by atoms with Crippen LogP contribution >= 0.6 is 38.9 Å². The van der Waals surface area contributed by atoms with Gasteiger partial charge < -0.3 is 5.32 Å². The predicted octanol–water partition coefficient (Wildman–Crippen LogP) is 4.08. The molecule has 1 atom stereocenters. The fraction of sp³-hybridized carbons (Fsp3) is 0.417. The molecule has 0 aromatic carbocycles. The second kappa shape index (κ2) is 6.19. The first-order valence-corrected chi connectivity index (χ1v) is 7.84. The Hall–Kier alpha value is -0.360. The van der Waals surface area contributed by atoms with Crippen LogP contribution in [0.2, 0.25) is 5.02 Å².